The first-order chi connectivity index (χ1) is 3.70. The third kappa shape index (κ3) is 0.988. The lowest BCUT2D eigenvalue weighted by atomic mass is 10.8. The van der Waals surface area contributed by atoms with E-state index in [1.165, 1.54) is 0 Å². The summed E-state index contributed by atoms with van der Waals surface area (Å²) in [4.78, 5) is 4.05. The van der Waals surface area contributed by atoms with E-state index in [0.29, 0.717) is 0 Å². The Morgan fingerprint density at radius 3 is 2.38 bits per heavy atom. The van der Waals surface area contributed by atoms with Crippen LogP contribution in [0.4, 0.5) is 0 Å². The summed E-state index contributed by atoms with van der Waals surface area (Å²) in [5, 5.41) is 4.01. The van der Waals surface area contributed by atoms with Crippen molar-refractivity contribution in [3.8, 4) is 0 Å². The molecule has 1 aromatic heterocycles. The zero-order chi connectivity index (χ0) is 6.15. The molecule has 0 unspecified atom stereocenters. The highest BCUT2D eigenvalue weighted by Crippen LogP contribution is 1.97. The summed E-state index contributed by atoms with van der Waals surface area (Å²) in [5.74, 6) is 0.830. The smallest absolute Gasteiger partial charge is 0.189 e. The quantitative estimate of drug-likeness (QED) is 0.607. The van der Waals surface area contributed by atoms with E-state index in [4.69, 9.17) is 0 Å². The van der Waals surface area contributed by atoms with Crippen LogP contribution in [0, 0.1) is 10.8 Å². The molecular weight excluding hydrogens is 217 g/mol. The van der Waals surface area contributed by atoms with Crippen LogP contribution < -0.4 is 0 Å². The van der Waals surface area contributed by atoms with E-state index in [1.54, 1.807) is 4.68 Å². The minimum Gasteiger partial charge on any atom is -0.244 e. The zero-order valence-electron chi connectivity index (χ0n) is 4.72. The van der Waals surface area contributed by atoms with Gasteiger partial charge in [0.15, 0.2) is 3.83 Å². The average molecular weight is 223 g/mol. The molecule has 0 aliphatic heterocycles. The van der Waals surface area contributed by atoms with E-state index in [-0.39, 0.29) is 0 Å². The van der Waals surface area contributed by atoms with Crippen LogP contribution in [-0.4, -0.2) is 14.8 Å². The second kappa shape index (κ2) is 2.00. The number of nitrogens with zero attached hydrogens (tertiary/aromatic N) is 3. The fourth-order valence-corrected chi connectivity index (χ4v) is 0.944. The van der Waals surface area contributed by atoms with Crippen molar-refractivity contribution in [1.29, 1.82) is 0 Å². The lowest BCUT2D eigenvalue weighted by Gasteiger charge is -1.83. The molecule has 1 rings (SSSR count). The highest BCUT2D eigenvalue weighted by atomic mass is 127. The van der Waals surface area contributed by atoms with Crippen molar-refractivity contribution in [1.82, 2.24) is 14.8 Å². The van der Waals surface area contributed by atoms with Gasteiger partial charge in [0.05, 0.1) is 0 Å². The molecule has 0 saturated heterocycles. The van der Waals surface area contributed by atoms with Gasteiger partial charge in [-0.25, -0.2) is 9.67 Å². The summed E-state index contributed by atoms with van der Waals surface area (Å²) in [7, 11) is 1.88. The van der Waals surface area contributed by atoms with E-state index in [2.05, 4.69) is 32.7 Å². The van der Waals surface area contributed by atoms with Gasteiger partial charge in [0.25, 0.3) is 0 Å². The van der Waals surface area contributed by atoms with Crippen molar-refractivity contribution in [2.24, 2.45) is 7.05 Å². The molecule has 8 heavy (non-hydrogen) atoms. The zero-order valence-corrected chi connectivity index (χ0v) is 6.88. The maximum atomic E-state index is 4.05. The Hall–Kier alpha value is -0.130. The van der Waals surface area contributed by atoms with Crippen LogP contribution in [0.25, 0.3) is 0 Å². The fraction of sp³-hybridized carbons (Fsp3) is 0.500. The van der Waals surface area contributed by atoms with Gasteiger partial charge in [-0.3, -0.25) is 0 Å². The summed E-state index contributed by atoms with van der Waals surface area (Å²) < 4.78 is 2.68. The summed E-state index contributed by atoms with van der Waals surface area (Å²) >= 11 is 2.13. The van der Waals surface area contributed by atoms with Crippen molar-refractivity contribution >= 4 is 22.6 Å². The standard InChI is InChI=1S/C4H6IN3/c1-3-6-4(5)8(2)7-3/h1-2H3. The van der Waals surface area contributed by atoms with E-state index in [9.17, 15) is 0 Å². The van der Waals surface area contributed by atoms with E-state index in [0.717, 1.165) is 9.66 Å². The maximum absolute atomic E-state index is 4.05. The van der Waals surface area contributed by atoms with Gasteiger partial charge >= 0.3 is 0 Å². The highest BCUT2D eigenvalue weighted by Gasteiger charge is 1.95. The number of hydrogen-bond acceptors (Lipinski definition) is 2. The molecule has 1 heterocycles. The Bertz CT molecular complexity index is 174. The Labute approximate surface area is 61.3 Å². The number of hydrogen-bond donors (Lipinski definition) is 0. The van der Waals surface area contributed by atoms with Gasteiger partial charge in [-0.2, -0.15) is 5.10 Å². The predicted molar refractivity (Wildman–Crippen MR) is 38.5 cm³/mol. The van der Waals surface area contributed by atoms with Crippen LogP contribution in [0.1, 0.15) is 5.82 Å². The molecular formula is C4H6IN3. The minimum atomic E-state index is 0.830. The van der Waals surface area contributed by atoms with Gasteiger partial charge in [0.2, 0.25) is 0 Å². The summed E-state index contributed by atoms with van der Waals surface area (Å²) in [6.07, 6.45) is 0. The molecule has 4 heteroatoms. The molecule has 0 atom stereocenters. The van der Waals surface area contributed by atoms with Crippen LogP contribution in [0.2, 0.25) is 0 Å². The molecule has 1 aromatic rings. The first-order valence-corrected chi connectivity index (χ1v) is 3.31. The van der Waals surface area contributed by atoms with Crippen LogP contribution in [0.15, 0.2) is 0 Å². The SMILES string of the molecule is Cc1nc(I)n(C)n1. The van der Waals surface area contributed by atoms with Gasteiger partial charge in [0.1, 0.15) is 5.82 Å². The molecule has 0 aliphatic carbocycles. The molecule has 0 bridgehead atoms. The normalized spacial score (nSPS) is 9.88. The molecule has 0 saturated carbocycles. The topological polar surface area (TPSA) is 30.7 Å². The fourth-order valence-electron chi connectivity index (χ4n) is 0.487. The van der Waals surface area contributed by atoms with Gasteiger partial charge in [-0.1, -0.05) is 0 Å². The van der Waals surface area contributed by atoms with Crippen LogP contribution >= 0.6 is 22.6 Å². The largest absolute Gasteiger partial charge is 0.244 e. The lowest BCUT2D eigenvalue weighted by molar-refractivity contribution is 0.736. The lowest BCUT2D eigenvalue weighted by Crippen LogP contribution is -1.92. The molecule has 0 aromatic carbocycles. The van der Waals surface area contributed by atoms with Gasteiger partial charge in [0, 0.05) is 29.6 Å². The third-order valence-electron chi connectivity index (χ3n) is 0.816. The van der Waals surface area contributed by atoms with Gasteiger partial charge in [-0.05, 0) is 6.92 Å². The molecule has 0 radical (unpaired) electrons. The van der Waals surface area contributed by atoms with Crippen molar-refractivity contribution in [2.75, 3.05) is 0 Å². The minimum absolute atomic E-state index is 0.830. The number of aryl methyl sites for hydroxylation is 2. The van der Waals surface area contributed by atoms with Crippen molar-refractivity contribution in [3.05, 3.63) is 9.66 Å². The van der Waals surface area contributed by atoms with E-state index >= 15 is 0 Å². The van der Waals surface area contributed by atoms with Crippen molar-refractivity contribution < 1.29 is 0 Å². The molecule has 0 amide bonds. The monoisotopic (exact) mass is 223 g/mol. The maximum Gasteiger partial charge on any atom is 0.189 e. The Morgan fingerprint density at radius 2 is 2.25 bits per heavy atom. The highest BCUT2D eigenvalue weighted by molar-refractivity contribution is 14.1. The third-order valence-corrected chi connectivity index (χ3v) is 1.76. The second-order valence-electron chi connectivity index (χ2n) is 1.55. The predicted octanol–water partition coefficient (Wildman–Crippen LogP) is 0.728. The first kappa shape index (κ1) is 6.00. The van der Waals surface area contributed by atoms with E-state index in [1.807, 2.05) is 14.0 Å². The number of aromatic nitrogens is 3. The molecule has 0 fully saturated rings. The van der Waals surface area contributed by atoms with E-state index < -0.39 is 0 Å². The second-order valence-corrected chi connectivity index (χ2v) is 2.52. The Kier molecular flexibility index (Phi) is 1.50. The first-order valence-electron chi connectivity index (χ1n) is 2.23. The number of halogens is 1. The van der Waals surface area contributed by atoms with Crippen molar-refractivity contribution in [2.45, 2.75) is 6.92 Å². The Morgan fingerprint density at radius 1 is 1.62 bits per heavy atom. The van der Waals surface area contributed by atoms with Crippen LogP contribution in [-0.2, 0) is 7.05 Å². The Balaban J connectivity index is 3.14. The number of rotatable bonds is 0. The van der Waals surface area contributed by atoms with Crippen LogP contribution in [0.3, 0.4) is 0 Å². The van der Waals surface area contributed by atoms with Gasteiger partial charge in [-0.15, -0.1) is 0 Å². The molecule has 3 nitrogen and oxygen atoms in total. The summed E-state index contributed by atoms with van der Waals surface area (Å²) in [6, 6.07) is 0. The average Bonchev–Trinajstić information content (AvgIpc) is 1.85. The molecule has 0 spiro atoms. The summed E-state index contributed by atoms with van der Waals surface area (Å²) in [6.45, 7) is 1.88. The van der Waals surface area contributed by atoms with Crippen molar-refractivity contribution in [3.63, 3.8) is 0 Å². The van der Waals surface area contributed by atoms with Crippen LogP contribution in [0.5, 0.6) is 0 Å². The molecule has 0 N–H and O–H groups in total. The molecule has 0 aliphatic rings. The van der Waals surface area contributed by atoms with Gasteiger partial charge < -0.3 is 0 Å². The summed E-state index contributed by atoms with van der Waals surface area (Å²) in [5.41, 5.74) is 0. The molecule has 44 valence electrons.